The normalized spacial score (nSPS) is 15.9. The number of benzene rings is 2. The van der Waals surface area contributed by atoms with Gasteiger partial charge in [0, 0.05) is 5.69 Å². The first-order valence-corrected chi connectivity index (χ1v) is 9.97. The Morgan fingerprint density at radius 3 is 2.56 bits per heavy atom. The highest BCUT2D eigenvalue weighted by Crippen LogP contribution is 2.36. The second-order valence-corrected chi connectivity index (χ2v) is 7.53. The SMILES string of the molecule is CCCc1ccc2c(n1)CCC(c1cccc(-c3c(C)cccc3C)c1)O2. The summed E-state index contributed by atoms with van der Waals surface area (Å²) >= 11 is 0. The van der Waals surface area contributed by atoms with Gasteiger partial charge in [-0.15, -0.1) is 0 Å². The third kappa shape index (κ3) is 3.62. The summed E-state index contributed by atoms with van der Waals surface area (Å²) < 4.78 is 6.34. The van der Waals surface area contributed by atoms with Crippen molar-refractivity contribution < 1.29 is 4.74 Å². The molecule has 2 heterocycles. The van der Waals surface area contributed by atoms with Gasteiger partial charge in [0.1, 0.15) is 11.9 Å². The number of aryl methyl sites for hydroxylation is 4. The summed E-state index contributed by atoms with van der Waals surface area (Å²) in [6.07, 6.45) is 4.21. The molecule has 3 aromatic rings. The summed E-state index contributed by atoms with van der Waals surface area (Å²) in [4.78, 5) is 4.79. The standard InChI is InChI=1S/C25H27NO/c1-4-7-21-12-14-24-22(26-21)13-15-23(27-24)19-10-6-11-20(16-19)25-17(2)8-5-9-18(25)3/h5-6,8-12,14,16,23H,4,7,13,15H2,1-3H3. The van der Waals surface area contributed by atoms with Crippen LogP contribution in [0.25, 0.3) is 11.1 Å². The highest BCUT2D eigenvalue weighted by Gasteiger charge is 2.23. The summed E-state index contributed by atoms with van der Waals surface area (Å²) in [5, 5.41) is 0. The van der Waals surface area contributed by atoms with Gasteiger partial charge in [-0.05, 0) is 79.1 Å². The number of fused-ring (bicyclic) bond motifs is 1. The maximum absolute atomic E-state index is 6.34. The zero-order valence-corrected chi connectivity index (χ0v) is 16.5. The number of rotatable bonds is 4. The van der Waals surface area contributed by atoms with Gasteiger partial charge in [0.25, 0.3) is 0 Å². The van der Waals surface area contributed by atoms with Crippen molar-refractivity contribution in [2.75, 3.05) is 0 Å². The molecular weight excluding hydrogens is 330 g/mol. The molecule has 2 aromatic carbocycles. The summed E-state index contributed by atoms with van der Waals surface area (Å²) in [6, 6.07) is 19.5. The molecule has 4 rings (SSSR count). The van der Waals surface area contributed by atoms with Crippen LogP contribution in [0.15, 0.2) is 54.6 Å². The maximum Gasteiger partial charge on any atom is 0.141 e. The van der Waals surface area contributed by atoms with Crippen LogP contribution in [0.2, 0.25) is 0 Å². The third-order valence-electron chi connectivity index (χ3n) is 5.44. The Kier molecular flexibility index (Phi) is 4.98. The second-order valence-electron chi connectivity index (χ2n) is 7.53. The van der Waals surface area contributed by atoms with E-state index >= 15 is 0 Å². The van der Waals surface area contributed by atoms with Crippen molar-refractivity contribution in [2.24, 2.45) is 0 Å². The molecule has 2 nitrogen and oxygen atoms in total. The fraction of sp³-hybridized carbons (Fsp3) is 0.320. The molecule has 1 unspecified atom stereocenters. The largest absolute Gasteiger partial charge is 0.484 e. The highest BCUT2D eigenvalue weighted by atomic mass is 16.5. The number of hydrogen-bond acceptors (Lipinski definition) is 2. The molecule has 0 amide bonds. The molecule has 0 fully saturated rings. The van der Waals surface area contributed by atoms with E-state index in [1.807, 2.05) is 0 Å². The van der Waals surface area contributed by atoms with Crippen molar-refractivity contribution in [2.45, 2.75) is 52.6 Å². The topological polar surface area (TPSA) is 22.1 Å². The molecule has 2 heteroatoms. The van der Waals surface area contributed by atoms with Crippen LogP contribution in [-0.2, 0) is 12.8 Å². The van der Waals surface area contributed by atoms with Gasteiger partial charge in [0.05, 0.1) is 5.69 Å². The van der Waals surface area contributed by atoms with E-state index in [-0.39, 0.29) is 6.10 Å². The second kappa shape index (κ2) is 7.56. The van der Waals surface area contributed by atoms with E-state index in [1.165, 1.54) is 33.5 Å². The Hall–Kier alpha value is -2.61. The molecule has 0 radical (unpaired) electrons. The van der Waals surface area contributed by atoms with Gasteiger partial charge >= 0.3 is 0 Å². The van der Waals surface area contributed by atoms with Gasteiger partial charge in [-0.3, -0.25) is 4.98 Å². The lowest BCUT2D eigenvalue weighted by Gasteiger charge is -2.26. The van der Waals surface area contributed by atoms with Crippen molar-refractivity contribution >= 4 is 0 Å². The number of hydrogen-bond donors (Lipinski definition) is 0. The van der Waals surface area contributed by atoms with Gasteiger partial charge in [-0.2, -0.15) is 0 Å². The predicted molar refractivity (Wildman–Crippen MR) is 111 cm³/mol. The lowest BCUT2D eigenvalue weighted by Crippen LogP contribution is -2.16. The van der Waals surface area contributed by atoms with Gasteiger partial charge in [0.2, 0.25) is 0 Å². The van der Waals surface area contributed by atoms with Gasteiger partial charge < -0.3 is 4.74 Å². The summed E-state index contributed by atoms with van der Waals surface area (Å²) in [5.74, 6) is 0.948. The molecule has 0 saturated heterocycles. The van der Waals surface area contributed by atoms with E-state index < -0.39 is 0 Å². The van der Waals surface area contributed by atoms with E-state index in [0.29, 0.717) is 0 Å². The molecule has 0 N–H and O–H groups in total. The monoisotopic (exact) mass is 357 g/mol. The molecule has 138 valence electrons. The molecule has 1 aromatic heterocycles. The molecule has 1 aliphatic rings. The summed E-state index contributed by atoms with van der Waals surface area (Å²) in [6.45, 7) is 6.56. The van der Waals surface area contributed by atoms with E-state index in [9.17, 15) is 0 Å². The third-order valence-corrected chi connectivity index (χ3v) is 5.44. The first kappa shape index (κ1) is 17.8. The molecule has 27 heavy (non-hydrogen) atoms. The summed E-state index contributed by atoms with van der Waals surface area (Å²) in [5.41, 5.74) is 8.77. The van der Waals surface area contributed by atoms with Gasteiger partial charge in [-0.1, -0.05) is 49.7 Å². The number of ether oxygens (including phenoxy) is 1. The lowest BCUT2D eigenvalue weighted by atomic mass is 9.92. The van der Waals surface area contributed by atoms with Crippen molar-refractivity contribution in [3.63, 3.8) is 0 Å². The molecule has 0 aliphatic carbocycles. The molecule has 0 spiro atoms. The first-order chi connectivity index (χ1) is 13.2. The fourth-order valence-corrected chi connectivity index (χ4v) is 4.09. The van der Waals surface area contributed by atoms with E-state index in [2.05, 4.69) is 75.4 Å². The van der Waals surface area contributed by atoms with Crippen LogP contribution < -0.4 is 4.74 Å². The van der Waals surface area contributed by atoms with Crippen LogP contribution in [0.5, 0.6) is 5.75 Å². The van der Waals surface area contributed by atoms with Crippen molar-refractivity contribution in [1.29, 1.82) is 0 Å². The highest BCUT2D eigenvalue weighted by molar-refractivity contribution is 5.71. The van der Waals surface area contributed by atoms with Gasteiger partial charge in [-0.25, -0.2) is 0 Å². The minimum absolute atomic E-state index is 0.0978. The Bertz CT molecular complexity index is 940. The Morgan fingerprint density at radius 1 is 1.00 bits per heavy atom. The van der Waals surface area contributed by atoms with Crippen LogP contribution >= 0.6 is 0 Å². The molecule has 1 atom stereocenters. The van der Waals surface area contributed by atoms with E-state index in [0.717, 1.165) is 37.1 Å². The number of pyridine rings is 1. The molecule has 1 aliphatic heterocycles. The van der Waals surface area contributed by atoms with Crippen LogP contribution in [0.3, 0.4) is 0 Å². The minimum atomic E-state index is 0.0978. The van der Waals surface area contributed by atoms with Crippen LogP contribution in [0, 0.1) is 13.8 Å². The summed E-state index contributed by atoms with van der Waals surface area (Å²) in [7, 11) is 0. The zero-order valence-electron chi connectivity index (χ0n) is 16.5. The lowest BCUT2D eigenvalue weighted by molar-refractivity contribution is 0.174. The van der Waals surface area contributed by atoms with Crippen molar-refractivity contribution in [3.05, 3.63) is 82.7 Å². The maximum atomic E-state index is 6.34. The van der Waals surface area contributed by atoms with Gasteiger partial charge in [0.15, 0.2) is 0 Å². The van der Waals surface area contributed by atoms with Crippen molar-refractivity contribution in [1.82, 2.24) is 4.98 Å². The Labute approximate surface area is 162 Å². The van der Waals surface area contributed by atoms with Crippen LogP contribution in [0.4, 0.5) is 0 Å². The van der Waals surface area contributed by atoms with Crippen LogP contribution in [0.1, 0.15) is 53.9 Å². The first-order valence-electron chi connectivity index (χ1n) is 9.97. The fourth-order valence-electron chi connectivity index (χ4n) is 4.09. The predicted octanol–water partition coefficient (Wildman–Crippen LogP) is 6.38. The number of nitrogens with zero attached hydrogens (tertiary/aromatic N) is 1. The Morgan fingerprint density at radius 2 is 1.78 bits per heavy atom. The molecule has 0 saturated carbocycles. The number of aromatic nitrogens is 1. The zero-order chi connectivity index (χ0) is 18.8. The smallest absolute Gasteiger partial charge is 0.141 e. The van der Waals surface area contributed by atoms with Crippen LogP contribution in [-0.4, -0.2) is 4.98 Å². The average Bonchev–Trinajstić information content (AvgIpc) is 2.68. The van der Waals surface area contributed by atoms with E-state index in [1.54, 1.807) is 0 Å². The molecule has 0 bridgehead atoms. The molecular formula is C25H27NO. The average molecular weight is 357 g/mol. The minimum Gasteiger partial charge on any atom is -0.484 e. The van der Waals surface area contributed by atoms with E-state index in [4.69, 9.17) is 9.72 Å². The quantitative estimate of drug-likeness (QED) is 0.540. The van der Waals surface area contributed by atoms with Crippen molar-refractivity contribution in [3.8, 4) is 16.9 Å². The Balaban J connectivity index is 1.62.